The Morgan fingerprint density at radius 1 is 0.654 bits per heavy atom. The van der Waals surface area contributed by atoms with Crippen molar-refractivity contribution < 1.29 is 0 Å². The second-order valence-electron chi connectivity index (χ2n) is 5.81. The zero-order valence-electron chi connectivity index (χ0n) is 15.0. The predicted molar refractivity (Wildman–Crippen MR) is 111 cm³/mol. The van der Waals surface area contributed by atoms with E-state index in [1.807, 2.05) is 115 Å². The van der Waals surface area contributed by atoms with Crippen LogP contribution in [0.25, 0.3) is 0 Å². The Hall–Kier alpha value is -3.40. The third kappa shape index (κ3) is 4.57. The van der Waals surface area contributed by atoms with Gasteiger partial charge in [0.15, 0.2) is 0 Å². The number of nitrogens with zero attached hydrogens (tertiary/aromatic N) is 4. The molecular weight excluding hydrogens is 320 g/mol. The van der Waals surface area contributed by atoms with E-state index < -0.39 is 0 Å². The molecule has 0 radical (unpaired) electrons. The van der Waals surface area contributed by atoms with Crippen molar-refractivity contribution in [2.75, 3.05) is 24.1 Å². The van der Waals surface area contributed by atoms with Crippen molar-refractivity contribution in [2.24, 2.45) is 10.2 Å². The molecule has 4 nitrogen and oxygen atoms in total. The summed E-state index contributed by atoms with van der Waals surface area (Å²) >= 11 is 0. The molecule has 0 aliphatic carbocycles. The van der Waals surface area contributed by atoms with Crippen molar-refractivity contribution in [2.45, 2.75) is 0 Å². The van der Waals surface area contributed by atoms with Gasteiger partial charge in [0.05, 0.1) is 17.6 Å². The SMILES string of the molecule is CN(/N=C(\C=N\N(C)c1ccccc1)c1ccccc1)c1ccccc1. The fraction of sp³-hybridized carbons (Fsp3) is 0.0909. The highest BCUT2D eigenvalue weighted by Crippen LogP contribution is 2.13. The molecule has 0 bridgehead atoms. The molecule has 0 N–H and O–H groups in total. The average Bonchev–Trinajstić information content (AvgIpc) is 2.72. The van der Waals surface area contributed by atoms with Crippen LogP contribution in [0.2, 0.25) is 0 Å². The van der Waals surface area contributed by atoms with Crippen molar-refractivity contribution >= 4 is 23.3 Å². The smallest absolute Gasteiger partial charge is 0.111 e. The van der Waals surface area contributed by atoms with Crippen molar-refractivity contribution in [1.29, 1.82) is 0 Å². The first-order valence-electron chi connectivity index (χ1n) is 8.49. The predicted octanol–water partition coefficient (Wildman–Crippen LogP) is 4.65. The summed E-state index contributed by atoms with van der Waals surface area (Å²) in [6.45, 7) is 0. The van der Waals surface area contributed by atoms with E-state index in [0.29, 0.717) is 0 Å². The first-order chi connectivity index (χ1) is 12.7. The van der Waals surface area contributed by atoms with Crippen molar-refractivity contribution in [3.05, 3.63) is 96.6 Å². The summed E-state index contributed by atoms with van der Waals surface area (Å²) in [5, 5.41) is 13.0. The first-order valence-corrected chi connectivity index (χ1v) is 8.49. The Balaban J connectivity index is 1.89. The molecule has 26 heavy (non-hydrogen) atoms. The molecule has 0 saturated carbocycles. The largest absolute Gasteiger partial charge is 0.269 e. The number of benzene rings is 3. The Morgan fingerprint density at radius 3 is 1.65 bits per heavy atom. The molecule has 0 heterocycles. The van der Waals surface area contributed by atoms with Gasteiger partial charge in [0.25, 0.3) is 0 Å². The minimum absolute atomic E-state index is 0.791. The Bertz CT molecular complexity index is 858. The van der Waals surface area contributed by atoms with Gasteiger partial charge in [0, 0.05) is 19.7 Å². The van der Waals surface area contributed by atoms with Crippen LogP contribution in [0.1, 0.15) is 5.56 Å². The molecule has 4 heteroatoms. The molecule has 0 saturated heterocycles. The molecule has 0 aliphatic heterocycles. The van der Waals surface area contributed by atoms with E-state index in [4.69, 9.17) is 5.10 Å². The van der Waals surface area contributed by atoms with Crippen molar-refractivity contribution in [3.63, 3.8) is 0 Å². The van der Waals surface area contributed by atoms with Crippen LogP contribution in [0.3, 0.4) is 0 Å². The quantitative estimate of drug-likeness (QED) is 0.482. The monoisotopic (exact) mass is 342 g/mol. The normalized spacial score (nSPS) is 11.5. The molecule has 0 unspecified atom stereocenters. The van der Waals surface area contributed by atoms with Gasteiger partial charge in [-0.05, 0) is 24.3 Å². The Kier molecular flexibility index (Phi) is 5.78. The number of hydrogen-bond donors (Lipinski definition) is 0. The second kappa shape index (κ2) is 8.62. The zero-order chi connectivity index (χ0) is 18.2. The maximum absolute atomic E-state index is 4.76. The molecular formula is C22H22N4. The van der Waals surface area contributed by atoms with E-state index >= 15 is 0 Å². The first kappa shape index (κ1) is 17.4. The highest BCUT2D eigenvalue weighted by atomic mass is 15.5. The van der Waals surface area contributed by atoms with Crippen LogP contribution in [0.4, 0.5) is 11.4 Å². The average molecular weight is 342 g/mol. The van der Waals surface area contributed by atoms with Crippen molar-refractivity contribution in [3.8, 4) is 0 Å². The fourth-order valence-corrected chi connectivity index (χ4v) is 2.48. The van der Waals surface area contributed by atoms with Gasteiger partial charge in [-0.15, -0.1) is 0 Å². The third-order valence-electron chi connectivity index (χ3n) is 3.94. The van der Waals surface area contributed by atoms with Gasteiger partial charge in [0.1, 0.15) is 5.71 Å². The minimum atomic E-state index is 0.791. The zero-order valence-corrected chi connectivity index (χ0v) is 15.0. The standard InChI is InChI=1S/C22H22N4/c1-25(20-14-8-4-9-15-20)23-18-22(19-12-6-3-7-13-19)24-26(2)21-16-10-5-11-17-21/h3-18H,1-2H3/b23-18+,24-22+. The van der Waals surface area contributed by atoms with E-state index in [1.54, 1.807) is 6.21 Å². The lowest BCUT2D eigenvalue weighted by Crippen LogP contribution is -2.17. The van der Waals surface area contributed by atoms with Gasteiger partial charge >= 0.3 is 0 Å². The van der Waals surface area contributed by atoms with E-state index in [-0.39, 0.29) is 0 Å². The fourth-order valence-electron chi connectivity index (χ4n) is 2.48. The third-order valence-corrected chi connectivity index (χ3v) is 3.94. The molecule has 0 aromatic heterocycles. The summed E-state index contributed by atoms with van der Waals surface area (Å²) in [6, 6.07) is 30.1. The number of para-hydroxylation sites is 2. The number of hydrogen-bond acceptors (Lipinski definition) is 4. The second-order valence-corrected chi connectivity index (χ2v) is 5.81. The van der Waals surface area contributed by atoms with Crippen LogP contribution in [-0.2, 0) is 0 Å². The highest BCUT2D eigenvalue weighted by molar-refractivity contribution is 6.38. The van der Waals surface area contributed by atoms with E-state index in [0.717, 1.165) is 22.6 Å². The number of anilines is 2. The van der Waals surface area contributed by atoms with Crippen LogP contribution in [0, 0.1) is 0 Å². The van der Waals surface area contributed by atoms with Gasteiger partial charge in [-0.2, -0.15) is 10.2 Å². The van der Waals surface area contributed by atoms with Gasteiger partial charge in [-0.1, -0.05) is 66.7 Å². The lowest BCUT2D eigenvalue weighted by Gasteiger charge is -2.16. The molecule has 3 rings (SSSR count). The lowest BCUT2D eigenvalue weighted by molar-refractivity contribution is 1.01. The van der Waals surface area contributed by atoms with Gasteiger partial charge in [-0.3, -0.25) is 10.0 Å². The molecule has 3 aromatic carbocycles. The maximum Gasteiger partial charge on any atom is 0.111 e. The van der Waals surface area contributed by atoms with E-state index in [2.05, 4.69) is 5.10 Å². The summed E-state index contributed by atoms with van der Waals surface area (Å²) in [5.74, 6) is 0. The highest BCUT2D eigenvalue weighted by Gasteiger charge is 2.05. The van der Waals surface area contributed by atoms with Gasteiger partial charge in [0.2, 0.25) is 0 Å². The molecule has 0 aliphatic rings. The number of rotatable bonds is 6. The Morgan fingerprint density at radius 2 is 1.12 bits per heavy atom. The summed E-state index contributed by atoms with van der Waals surface area (Å²) in [4.78, 5) is 0. The number of hydrazone groups is 2. The van der Waals surface area contributed by atoms with Crippen LogP contribution >= 0.6 is 0 Å². The molecule has 3 aromatic rings. The molecule has 0 spiro atoms. The molecule has 0 amide bonds. The summed E-state index contributed by atoms with van der Waals surface area (Å²) in [5.41, 5.74) is 3.85. The summed E-state index contributed by atoms with van der Waals surface area (Å²) < 4.78 is 0. The van der Waals surface area contributed by atoms with E-state index in [9.17, 15) is 0 Å². The Labute approximate surface area is 154 Å². The summed E-state index contributed by atoms with van der Waals surface area (Å²) in [7, 11) is 3.86. The van der Waals surface area contributed by atoms with Crippen LogP contribution in [-0.4, -0.2) is 26.0 Å². The van der Waals surface area contributed by atoms with Gasteiger partial charge in [-0.25, -0.2) is 0 Å². The van der Waals surface area contributed by atoms with Crippen LogP contribution in [0.15, 0.2) is 101 Å². The molecule has 0 fully saturated rings. The molecule has 0 atom stereocenters. The topological polar surface area (TPSA) is 31.2 Å². The van der Waals surface area contributed by atoms with Gasteiger partial charge < -0.3 is 0 Å². The van der Waals surface area contributed by atoms with Crippen LogP contribution in [0.5, 0.6) is 0 Å². The van der Waals surface area contributed by atoms with Crippen LogP contribution < -0.4 is 10.0 Å². The lowest BCUT2D eigenvalue weighted by atomic mass is 10.1. The van der Waals surface area contributed by atoms with E-state index in [1.165, 1.54) is 0 Å². The summed E-state index contributed by atoms with van der Waals surface area (Å²) in [6.07, 6.45) is 1.79. The molecule has 130 valence electrons. The maximum atomic E-state index is 4.76. The minimum Gasteiger partial charge on any atom is -0.269 e. The van der Waals surface area contributed by atoms with Crippen molar-refractivity contribution in [1.82, 2.24) is 0 Å².